The van der Waals surface area contributed by atoms with Crippen LogP contribution in [0.5, 0.6) is 0 Å². The minimum Gasteiger partial charge on any atom is -0.353 e. The quantitative estimate of drug-likeness (QED) is 0.724. The Morgan fingerprint density at radius 1 is 1.12 bits per heavy atom. The number of nitrogens with zero attached hydrogens (tertiary/aromatic N) is 1. The van der Waals surface area contributed by atoms with E-state index in [1.165, 1.54) is 0 Å². The Kier molecular flexibility index (Phi) is 7.39. The fourth-order valence-corrected chi connectivity index (χ4v) is 1.92. The van der Waals surface area contributed by atoms with E-state index in [1.807, 2.05) is 14.1 Å². The molecule has 1 N–H and O–H groups in total. The molecule has 96 valence electrons. The van der Waals surface area contributed by atoms with Crippen molar-refractivity contribution < 1.29 is 4.79 Å². The molecular weight excluding hydrogens is 200 g/mol. The van der Waals surface area contributed by atoms with E-state index in [0.717, 1.165) is 13.0 Å². The number of hydrogen-bond donors (Lipinski definition) is 1. The molecule has 3 heteroatoms. The van der Waals surface area contributed by atoms with Crippen molar-refractivity contribution in [2.45, 2.75) is 46.6 Å². The average Bonchev–Trinajstić information content (AvgIpc) is 2.12. The third kappa shape index (κ3) is 6.83. The Morgan fingerprint density at radius 2 is 1.62 bits per heavy atom. The summed E-state index contributed by atoms with van der Waals surface area (Å²) in [5.74, 6) is 1.19. The lowest BCUT2D eigenvalue weighted by atomic mass is 9.93. The summed E-state index contributed by atoms with van der Waals surface area (Å²) in [5, 5.41) is 3.13. The molecule has 0 aromatic heterocycles. The Hall–Kier alpha value is -0.570. The van der Waals surface area contributed by atoms with Gasteiger partial charge in [-0.3, -0.25) is 4.79 Å². The molecule has 0 spiro atoms. The van der Waals surface area contributed by atoms with Crippen molar-refractivity contribution in [3.05, 3.63) is 0 Å². The van der Waals surface area contributed by atoms with Gasteiger partial charge < -0.3 is 10.2 Å². The summed E-state index contributed by atoms with van der Waals surface area (Å²) >= 11 is 0. The van der Waals surface area contributed by atoms with Crippen LogP contribution >= 0.6 is 0 Å². The molecule has 16 heavy (non-hydrogen) atoms. The van der Waals surface area contributed by atoms with E-state index < -0.39 is 0 Å². The summed E-state index contributed by atoms with van der Waals surface area (Å²) in [5.41, 5.74) is 0. The van der Waals surface area contributed by atoms with E-state index in [-0.39, 0.29) is 5.91 Å². The summed E-state index contributed by atoms with van der Waals surface area (Å²) in [6.45, 7) is 9.60. The van der Waals surface area contributed by atoms with Crippen LogP contribution in [-0.4, -0.2) is 37.5 Å². The standard InChI is InChI=1S/C13H28N2O/c1-10(2)13(11(3)4)14-12(16)8-7-9-15(5)6/h10-11,13H,7-9H2,1-6H3,(H,14,16). The van der Waals surface area contributed by atoms with Crippen LogP contribution < -0.4 is 5.32 Å². The van der Waals surface area contributed by atoms with Gasteiger partial charge in [0.15, 0.2) is 0 Å². The number of hydrogen-bond acceptors (Lipinski definition) is 2. The lowest BCUT2D eigenvalue weighted by Gasteiger charge is -2.26. The molecule has 0 saturated carbocycles. The van der Waals surface area contributed by atoms with Gasteiger partial charge in [-0.25, -0.2) is 0 Å². The van der Waals surface area contributed by atoms with Gasteiger partial charge >= 0.3 is 0 Å². The molecule has 0 aromatic carbocycles. The summed E-state index contributed by atoms with van der Waals surface area (Å²) in [4.78, 5) is 13.8. The highest BCUT2D eigenvalue weighted by molar-refractivity contribution is 5.76. The van der Waals surface area contributed by atoms with Crippen molar-refractivity contribution in [2.24, 2.45) is 11.8 Å². The predicted octanol–water partition coefficient (Wildman–Crippen LogP) is 2.12. The summed E-state index contributed by atoms with van der Waals surface area (Å²) in [7, 11) is 4.06. The van der Waals surface area contributed by atoms with Gasteiger partial charge in [0.1, 0.15) is 0 Å². The van der Waals surface area contributed by atoms with Crippen LogP contribution in [0, 0.1) is 11.8 Å². The molecule has 0 aliphatic carbocycles. The largest absolute Gasteiger partial charge is 0.353 e. The van der Waals surface area contributed by atoms with E-state index in [0.29, 0.717) is 24.3 Å². The zero-order valence-electron chi connectivity index (χ0n) is 11.7. The summed E-state index contributed by atoms with van der Waals surface area (Å²) in [6.07, 6.45) is 1.57. The molecule has 3 nitrogen and oxygen atoms in total. The van der Waals surface area contributed by atoms with E-state index in [4.69, 9.17) is 0 Å². The first-order valence-corrected chi connectivity index (χ1v) is 6.28. The second-order valence-electron chi connectivity index (χ2n) is 5.49. The van der Waals surface area contributed by atoms with E-state index in [2.05, 4.69) is 37.9 Å². The van der Waals surface area contributed by atoms with Gasteiger partial charge in [0, 0.05) is 12.5 Å². The second kappa shape index (κ2) is 7.66. The summed E-state index contributed by atoms with van der Waals surface area (Å²) < 4.78 is 0. The van der Waals surface area contributed by atoms with Gasteiger partial charge in [-0.2, -0.15) is 0 Å². The molecule has 0 atom stereocenters. The lowest BCUT2D eigenvalue weighted by molar-refractivity contribution is -0.122. The molecule has 0 heterocycles. The zero-order valence-corrected chi connectivity index (χ0v) is 11.7. The van der Waals surface area contributed by atoms with Crippen LogP contribution in [0.1, 0.15) is 40.5 Å². The average molecular weight is 228 g/mol. The number of rotatable bonds is 7. The Bertz CT molecular complexity index is 192. The fourth-order valence-electron chi connectivity index (χ4n) is 1.92. The molecule has 0 fully saturated rings. The van der Waals surface area contributed by atoms with Crippen molar-refractivity contribution >= 4 is 5.91 Å². The van der Waals surface area contributed by atoms with E-state index >= 15 is 0 Å². The Morgan fingerprint density at radius 3 is 2.00 bits per heavy atom. The van der Waals surface area contributed by atoms with Crippen molar-refractivity contribution in [1.82, 2.24) is 10.2 Å². The highest BCUT2D eigenvalue weighted by atomic mass is 16.1. The molecule has 0 unspecified atom stereocenters. The number of nitrogens with one attached hydrogen (secondary N) is 1. The first-order chi connectivity index (χ1) is 7.34. The molecule has 0 aliphatic rings. The maximum absolute atomic E-state index is 11.7. The Balaban J connectivity index is 3.92. The molecule has 0 aliphatic heterocycles. The van der Waals surface area contributed by atoms with Crippen LogP contribution in [0.25, 0.3) is 0 Å². The Labute approximate surface area is 101 Å². The smallest absolute Gasteiger partial charge is 0.220 e. The molecule has 0 saturated heterocycles. The minimum absolute atomic E-state index is 0.189. The van der Waals surface area contributed by atoms with Crippen LogP contribution in [0.3, 0.4) is 0 Å². The molecule has 0 bridgehead atoms. The van der Waals surface area contributed by atoms with Crippen LogP contribution in [-0.2, 0) is 4.79 Å². The van der Waals surface area contributed by atoms with Crippen molar-refractivity contribution in [1.29, 1.82) is 0 Å². The van der Waals surface area contributed by atoms with Gasteiger partial charge in [0.05, 0.1) is 0 Å². The highest BCUT2D eigenvalue weighted by Crippen LogP contribution is 2.12. The van der Waals surface area contributed by atoms with Crippen molar-refractivity contribution in [3.8, 4) is 0 Å². The van der Waals surface area contributed by atoms with Gasteiger partial charge in [0.2, 0.25) is 5.91 Å². The fraction of sp³-hybridized carbons (Fsp3) is 0.923. The molecular formula is C13H28N2O. The van der Waals surface area contributed by atoms with Crippen molar-refractivity contribution in [3.63, 3.8) is 0 Å². The molecule has 1 amide bonds. The van der Waals surface area contributed by atoms with Gasteiger partial charge in [-0.05, 0) is 38.9 Å². The molecule has 0 radical (unpaired) electrons. The minimum atomic E-state index is 0.189. The SMILES string of the molecule is CC(C)C(NC(=O)CCCN(C)C)C(C)C. The first kappa shape index (κ1) is 15.4. The van der Waals surface area contributed by atoms with Crippen molar-refractivity contribution in [2.75, 3.05) is 20.6 Å². The monoisotopic (exact) mass is 228 g/mol. The normalized spacial score (nSPS) is 11.9. The van der Waals surface area contributed by atoms with Gasteiger partial charge in [-0.15, -0.1) is 0 Å². The van der Waals surface area contributed by atoms with Gasteiger partial charge in [0.25, 0.3) is 0 Å². The maximum Gasteiger partial charge on any atom is 0.220 e. The maximum atomic E-state index is 11.7. The number of carbonyl (C=O) groups excluding carboxylic acids is 1. The predicted molar refractivity (Wildman–Crippen MR) is 69.4 cm³/mol. The number of carbonyl (C=O) groups is 1. The summed E-state index contributed by atoms with van der Waals surface area (Å²) in [6, 6.07) is 0.298. The van der Waals surface area contributed by atoms with Crippen LogP contribution in [0.4, 0.5) is 0 Å². The van der Waals surface area contributed by atoms with Gasteiger partial charge in [-0.1, -0.05) is 27.7 Å². The first-order valence-electron chi connectivity index (χ1n) is 6.28. The highest BCUT2D eigenvalue weighted by Gasteiger charge is 2.19. The third-order valence-electron chi connectivity index (χ3n) is 2.77. The van der Waals surface area contributed by atoms with E-state index in [9.17, 15) is 4.79 Å². The third-order valence-corrected chi connectivity index (χ3v) is 2.77. The topological polar surface area (TPSA) is 32.3 Å². The van der Waals surface area contributed by atoms with Crippen LogP contribution in [0.2, 0.25) is 0 Å². The number of amides is 1. The molecule has 0 aromatic rings. The second-order valence-corrected chi connectivity index (χ2v) is 5.49. The van der Waals surface area contributed by atoms with Crippen LogP contribution in [0.15, 0.2) is 0 Å². The zero-order chi connectivity index (χ0) is 12.7. The van der Waals surface area contributed by atoms with E-state index in [1.54, 1.807) is 0 Å². The molecule has 0 rings (SSSR count). The lowest BCUT2D eigenvalue weighted by Crippen LogP contribution is -2.42.